The van der Waals surface area contributed by atoms with E-state index in [0.717, 1.165) is 18.9 Å². The molecular weight excluding hydrogens is 258 g/mol. The van der Waals surface area contributed by atoms with Crippen LogP contribution in [0, 0.1) is 0 Å². The van der Waals surface area contributed by atoms with Gasteiger partial charge in [-0.2, -0.15) is 4.98 Å². The Morgan fingerprint density at radius 1 is 1.20 bits per heavy atom. The number of nitrogens with zero attached hydrogens (tertiary/aromatic N) is 5. The van der Waals surface area contributed by atoms with Crippen LogP contribution < -0.4 is 4.90 Å². The molecule has 0 saturated carbocycles. The summed E-state index contributed by atoms with van der Waals surface area (Å²) in [7, 11) is 0. The van der Waals surface area contributed by atoms with Crippen LogP contribution in [-0.4, -0.2) is 43.7 Å². The summed E-state index contributed by atoms with van der Waals surface area (Å²) >= 11 is 0. The Morgan fingerprint density at radius 3 is 2.70 bits per heavy atom. The first-order chi connectivity index (χ1) is 9.74. The van der Waals surface area contributed by atoms with Crippen molar-refractivity contribution in [3.8, 4) is 5.95 Å². The fourth-order valence-corrected chi connectivity index (χ4v) is 2.31. The van der Waals surface area contributed by atoms with E-state index in [1.54, 1.807) is 6.20 Å². The van der Waals surface area contributed by atoms with Gasteiger partial charge in [-0.25, -0.2) is 14.8 Å². The molecule has 104 valence electrons. The Kier molecular flexibility index (Phi) is 3.32. The fourth-order valence-electron chi connectivity index (χ4n) is 2.31. The summed E-state index contributed by atoms with van der Waals surface area (Å²) < 4.78 is 1.52. The van der Waals surface area contributed by atoms with E-state index in [0.29, 0.717) is 5.95 Å². The summed E-state index contributed by atoms with van der Waals surface area (Å²) in [4.78, 5) is 25.5. The third-order valence-corrected chi connectivity index (χ3v) is 3.34. The van der Waals surface area contributed by atoms with Crippen LogP contribution in [0.1, 0.15) is 29.8 Å². The summed E-state index contributed by atoms with van der Waals surface area (Å²) in [6.45, 7) is 2.00. The molecule has 0 aliphatic carbocycles. The number of imidazole rings is 1. The van der Waals surface area contributed by atoms with Crippen molar-refractivity contribution in [3.05, 3.63) is 30.5 Å². The lowest BCUT2D eigenvalue weighted by molar-refractivity contribution is 0.0691. The molecule has 0 radical (unpaired) electrons. The second-order valence-electron chi connectivity index (χ2n) is 4.73. The minimum atomic E-state index is -1.06. The zero-order chi connectivity index (χ0) is 13.9. The zero-order valence-corrected chi connectivity index (χ0v) is 10.9. The number of carbonyl (C=O) groups is 1. The predicted octanol–water partition coefficient (Wildman–Crippen LogP) is 1.35. The Hall–Kier alpha value is -2.44. The number of carboxylic acids is 1. The number of aromatic carboxylic acids is 1. The summed E-state index contributed by atoms with van der Waals surface area (Å²) in [5, 5.41) is 8.88. The van der Waals surface area contributed by atoms with E-state index in [1.165, 1.54) is 36.4 Å². The van der Waals surface area contributed by atoms with Crippen molar-refractivity contribution in [2.45, 2.75) is 19.3 Å². The van der Waals surface area contributed by atoms with E-state index < -0.39 is 5.97 Å². The van der Waals surface area contributed by atoms with Crippen molar-refractivity contribution in [1.29, 1.82) is 0 Å². The average Bonchev–Trinajstić information content (AvgIpc) is 2.98. The molecular formula is C13H15N5O2. The molecule has 7 heteroatoms. The van der Waals surface area contributed by atoms with E-state index in [4.69, 9.17) is 5.11 Å². The smallest absolute Gasteiger partial charge is 0.356 e. The van der Waals surface area contributed by atoms with E-state index in [1.807, 2.05) is 6.07 Å². The largest absolute Gasteiger partial charge is 0.476 e. The number of hydrogen-bond donors (Lipinski definition) is 1. The number of hydrogen-bond acceptors (Lipinski definition) is 5. The van der Waals surface area contributed by atoms with Crippen LogP contribution >= 0.6 is 0 Å². The molecule has 1 N–H and O–H groups in total. The minimum Gasteiger partial charge on any atom is -0.476 e. The average molecular weight is 273 g/mol. The summed E-state index contributed by atoms with van der Waals surface area (Å²) in [5.74, 6) is 0.254. The Morgan fingerprint density at radius 2 is 2.00 bits per heavy atom. The van der Waals surface area contributed by atoms with E-state index in [9.17, 15) is 4.79 Å². The molecule has 0 aromatic carbocycles. The van der Waals surface area contributed by atoms with Crippen LogP contribution in [0.5, 0.6) is 0 Å². The van der Waals surface area contributed by atoms with Crippen molar-refractivity contribution in [2.75, 3.05) is 18.0 Å². The molecule has 2 aromatic rings. The molecule has 0 atom stereocenters. The van der Waals surface area contributed by atoms with Gasteiger partial charge in [0.25, 0.3) is 0 Å². The highest BCUT2D eigenvalue weighted by Crippen LogP contribution is 2.17. The van der Waals surface area contributed by atoms with E-state index in [2.05, 4.69) is 19.9 Å². The molecule has 1 aliphatic rings. The Bertz CT molecular complexity index is 619. The normalized spacial score (nSPS) is 15.3. The van der Waals surface area contributed by atoms with Gasteiger partial charge in [-0.15, -0.1) is 0 Å². The summed E-state index contributed by atoms with van der Waals surface area (Å²) in [5.41, 5.74) is -0.0167. The molecule has 2 aromatic heterocycles. The molecule has 3 heterocycles. The standard InChI is InChI=1S/C13H15N5O2/c19-12(20)10-8-18(9-15-10)13-14-5-4-11(16-13)17-6-2-1-3-7-17/h4-5,8-9H,1-3,6-7H2,(H,19,20). The summed E-state index contributed by atoms with van der Waals surface area (Å²) in [6, 6.07) is 1.88. The highest BCUT2D eigenvalue weighted by molar-refractivity contribution is 5.85. The van der Waals surface area contributed by atoms with Crippen LogP contribution in [0.15, 0.2) is 24.8 Å². The van der Waals surface area contributed by atoms with Gasteiger partial charge in [0.05, 0.1) is 0 Å². The van der Waals surface area contributed by atoms with Gasteiger partial charge in [0, 0.05) is 25.5 Å². The molecule has 3 rings (SSSR count). The first-order valence-electron chi connectivity index (χ1n) is 6.60. The summed E-state index contributed by atoms with van der Waals surface area (Å²) in [6.07, 6.45) is 8.13. The maximum atomic E-state index is 10.8. The number of anilines is 1. The second kappa shape index (κ2) is 5.28. The molecule has 1 aliphatic heterocycles. The van der Waals surface area contributed by atoms with Gasteiger partial charge in [0.2, 0.25) is 5.95 Å². The van der Waals surface area contributed by atoms with E-state index in [-0.39, 0.29) is 5.69 Å². The highest BCUT2D eigenvalue weighted by atomic mass is 16.4. The topological polar surface area (TPSA) is 84.1 Å². The predicted molar refractivity (Wildman–Crippen MR) is 72.2 cm³/mol. The maximum absolute atomic E-state index is 10.8. The lowest BCUT2D eigenvalue weighted by Crippen LogP contribution is -2.30. The number of piperidine rings is 1. The minimum absolute atomic E-state index is 0.0167. The molecule has 1 fully saturated rings. The molecule has 7 nitrogen and oxygen atoms in total. The number of rotatable bonds is 3. The third-order valence-electron chi connectivity index (χ3n) is 3.34. The van der Waals surface area contributed by atoms with Gasteiger partial charge in [0.15, 0.2) is 5.69 Å². The first kappa shape index (κ1) is 12.6. The quantitative estimate of drug-likeness (QED) is 0.908. The molecule has 0 amide bonds. The van der Waals surface area contributed by atoms with Crippen LogP contribution in [0.4, 0.5) is 5.82 Å². The highest BCUT2D eigenvalue weighted by Gasteiger charge is 2.14. The van der Waals surface area contributed by atoms with Crippen LogP contribution in [0.2, 0.25) is 0 Å². The molecule has 0 unspecified atom stereocenters. The maximum Gasteiger partial charge on any atom is 0.356 e. The molecule has 1 saturated heterocycles. The number of aromatic nitrogens is 4. The van der Waals surface area contributed by atoms with Crippen LogP contribution in [0.3, 0.4) is 0 Å². The first-order valence-corrected chi connectivity index (χ1v) is 6.60. The molecule has 0 bridgehead atoms. The van der Waals surface area contributed by atoms with Crippen molar-refractivity contribution in [3.63, 3.8) is 0 Å². The number of carboxylic acid groups (broad SMARTS) is 1. The van der Waals surface area contributed by atoms with Gasteiger partial charge in [-0.05, 0) is 25.3 Å². The van der Waals surface area contributed by atoms with Gasteiger partial charge in [-0.1, -0.05) is 0 Å². The van der Waals surface area contributed by atoms with Crippen molar-refractivity contribution in [2.24, 2.45) is 0 Å². The third kappa shape index (κ3) is 2.47. The van der Waals surface area contributed by atoms with Crippen LogP contribution in [0.25, 0.3) is 5.95 Å². The zero-order valence-electron chi connectivity index (χ0n) is 10.9. The molecule has 20 heavy (non-hydrogen) atoms. The van der Waals surface area contributed by atoms with Gasteiger partial charge >= 0.3 is 5.97 Å². The lowest BCUT2D eigenvalue weighted by Gasteiger charge is -2.27. The Balaban J connectivity index is 1.87. The Labute approximate surface area is 115 Å². The lowest BCUT2D eigenvalue weighted by atomic mass is 10.1. The van der Waals surface area contributed by atoms with Gasteiger partial charge < -0.3 is 10.0 Å². The fraction of sp³-hybridized carbons (Fsp3) is 0.385. The van der Waals surface area contributed by atoms with Crippen molar-refractivity contribution >= 4 is 11.8 Å². The molecule has 0 spiro atoms. The second-order valence-corrected chi connectivity index (χ2v) is 4.73. The van der Waals surface area contributed by atoms with Crippen LogP contribution in [-0.2, 0) is 0 Å². The van der Waals surface area contributed by atoms with Gasteiger partial charge in [0.1, 0.15) is 12.1 Å². The van der Waals surface area contributed by atoms with Crippen molar-refractivity contribution < 1.29 is 9.90 Å². The monoisotopic (exact) mass is 273 g/mol. The van der Waals surface area contributed by atoms with Gasteiger partial charge in [-0.3, -0.25) is 4.57 Å². The van der Waals surface area contributed by atoms with E-state index >= 15 is 0 Å². The van der Waals surface area contributed by atoms with Crippen molar-refractivity contribution in [1.82, 2.24) is 19.5 Å². The SMILES string of the molecule is O=C(O)c1cn(-c2nccc(N3CCCCC3)n2)cn1.